The highest BCUT2D eigenvalue weighted by Crippen LogP contribution is 2.39. The molecular formula is C16H23ClN2O. The van der Waals surface area contributed by atoms with Crippen LogP contribution in [0.15, 0.2) is 18.2 Å². The second-order valence-electron chi connectivity index (χ2n) is 6.21. The van der Waals surface area contributed by atoms with Gasteiger partial charge in [-0.15, -0.1) is 12.4 Å². The summed E-state index contributed by atoms with van der Waals surface area (Å²) in [5.74, 6) is 0.0914. The van der Waals surface area contributed by atoms with E-state index in [2.05, 4.69) is 23.6 Å². The van der Waals surface area contributed by atoms with Gasteiger partial charge >= 0.3 is 0 Å². The molecule has 1 aromatic carbocycles. The molecular weight excluding hydrogens is 272 g/mol. The summed E-state index contributed by atoms with van der Waals surface area (Å²) >= 11 is 0. The van der Waals surface area contributed by atoms with Gasteiger partial charge in [0, 0.05) is 24.3 Å². The second kappa shape index (κ2) is 6.04. The van der Waals surface area contributed by atoms with Crippen LogP contribution in [-0.2, 0) is 6.42 Å². The number of amides is 1. The van der Waals surface area contributed by atoms with Crippen molar-refractivity contribution in [1.29, 1.82) is 0 Å². The molecule has 1 aliphatic heterocycles. The van der Waals surface area contributed by atoms with E-state index in [1.54, 1.807) is 0 Å². The Bertz CT molecular complexity index is 497. The number of anilines is 1. The zero-order valence-corrected chi connectivity index (χ0v) is 12.8. The number of rotatable bonds is 3. The monoisotopic (exact) mass is 294 g/mol. The first-order valence-electron chi connectivity index (χ1n) is 7.32. The van der Waals surface area contributed by atoms with Crippen LogP contribution in [0.1, 0.15) is 48.5 Å². The highest BCUT2D eigenvalue weighted by molar-refractivity contribution is 5.97. The van der Waals surface area contributed by atoms with Gasteiger partial charge in [0.1, 0.15) is 0 Å². The van der Waals surface area contributed by atoms with Crippen molar-refractivity contribution in [3.63, 3.8) is 0 Å². The Hall–Kier alpha value is -1.22. The number of benzene rings is 1. The van der Waals surface area contributed by atoms with Gasteiger partial charge in [0.15, 0.2) is 0 Å². The summed E-state index contributed by atoms with van der Waals surface area (Å²) < 4.78 is 0. The minimum absolute atomic E-state index is 0. The largest absolute Gasteiger partial charge is 0.385 e. The van der Waals surface area contributed by atoms with Crippen LogP contribution in [0.25, 0.3) is 0 Å². The van der Waals surface area contributed by atoms with Crippen molar-refractivity contribution in [2.75, 3.05) is 18.4 Å². The van der Waals surface area contributed by atoms with Gasteiger partial charge in [-0.25, -0.2) is 0 Å². The van der Waals surface area contributed by atoms with Crippen molar-refractivity contribution >= 4 is 24.0 Å². The van der Waals surface area contributed by atoms with Gasteiger partial charge in [-0.3, -0.25) is 4.79 Å². The van der Waals surface area contributed by atoms with E-state index in [9.17, 15) is 4.79 Å². The van der Waals surface area contributed by atoms with Crippen LogP contribution in [0.5, 0.6) is 0 Å². The summed E-state index contributed by atoms with van der Waals surface area (Å²) in [5, 5.41) is 6.50. The van der Waals surface area contributed by atoms with Crippen molar-refractivity contribution in [3.05, 3.63) is 29.3 Å². The molecule has 0 atom stereocenters. The minimum atomic E-state index is 0. The van der Waals surface area contributed by atoms with E-state index < -0.39 is 0 Å². The van der Waals surface area contributed by atoms with E-state index in [4.69, 9.17) is 0 Å². The van der Waals surface area contributed by atoms with E-state index in [-0.39, 0.29) is 18.3 Å². The maximum Gasteiger partial charge on any atom is 0.251 e. The van der Waals surface area contributed by atoms with Crippen molar-refractivity contribution < 1.29 is 4.79 Å². The van der Waals surface area contributed by atoms with E-state index in [1.165, 1.54) is 24.8 Å². The molecule has 0 bridgehead atoms. The molecule has 0 saturated heterocycles. The maximum atomic E-state index is 12.4. The van der Waals surface area contributed by atoms with Gasteiger partial charge in [0.05, 0.1) is 0 Å². The number of hydrogen-bond donors (Lipinski definition) is 2. The molecule has 1 saturated carbocycles. The Morgan fingerprint density at radius 3 is 2.85 bits per heavy atom. The Morgan fingerprint density at radius 2 is 2.15 bits per heavy atom. The van der Waals surface area contributed by atoms with E-state index in [0.29, 0.717) is 5.41 Å². The third-order valence-electron chi connectivity index (χ3n) is 4.58. The molecule has 0 radical (unpaired) electrons. The zero-order valence-electron chi connectivity index (χ0n) is 12.0. The number of hydrogen-bond acceptors (Lipinski definition) is 2. The average Bonchev–Trinajstić information content (AvgIpc) is 2.42. The molecule has 110 valence electrons. The fraction of sp³-hybridized carbons (Fsp3) is 0.562. The first-order valence-corrected chi connectivity index (χ1v) is 7.32. The number of nitrogens with one attached hydrogen (secondary N) is 2. The van der Waals surface area contributed by atoms with Crippen LogP contribution >= 0.6 is 12.4 Å². The van der Waals surface area contributed by atoms with Crippen LogP contribution in [0, 0.1) is 5.41 Å². The highest BCUT2D eigenvalue weighted by Gasteiger charge is 2.32. The molecule has 1 amide bonds. The van der Waals surface area contributed by atoms with Crippen LogP contribution < -0.4 is 10.6 Å². The molecule has 1 heterocycles. The maximum absolute atomic E-state index is 12.4. The summed E-state index contributed by atoms with van der Waals surface area (Å²) in [7, 11) is 0. The molecule has 2 N–H and O–H groups in total. The lowest BCUT2D eigenvalue weighted by atomic mass is 9.70. The second-order valence-corrected chi connectivity index (χ2v) is 6.21. The predicted molar refractivity (Wildman–Crippen MR) is 84.8 cm³/mol. The van der Waals surface area contributed by atoms with Gasteiger partial charge in [-0.2, -0.15) is 0 Å². The molecule has 3 nitrogen and oxygen atoms in total. The summed E-state index contributed by atoms with van der Waals surface area (Å²) in [5.41, 5.74) is 3.51. The summed E-state index contributed by atoms with van der Waals surface area (Å²) in [6.45, 7) is 4.08. The molecule has 1 fully saturated rings. The highest BCUT2D eigenvalue weighted by atomic mass is 35.5. The third kappa shape index (κ3) is 2.93. The molecule has 2 aliphatic rings. The molecule has 0 unspecified atom stereocenters. The van der Waals surface area contributed by atoms with Crippen molar-refractivity contribution in [2.24, 2.45) is 5.41 Å². The molecule has 1 aromatic rings. The lowest BCUT2D eigenvalue weighted by Gasteiger charge is -2.38. The normalized spacial score (nSPS) is 18.9. The lowest BCUT2D eigenvalue weighted by molar-refractivity contribution is 0.0890. The number of halogens is 1. The van der Waals surface area contributed by atoms with Gasteiger partial charge in [-0.1, -0.05) is 19.4 Å². The van der Waals surface area contributed by atoms with E-state index >= 15 is 0 Å². The summed E-state index contributed by atoms with van der Waals surface area (Å²) in [6.07, 6.45) is 5.89. The molecule has 0 spiro atoms. The fourth-order valence-electron chi connectivity index (χ4n) is 3.07. The number of carbonyl (C=O) groups excluding carboxylic acids is 1. The zero-order chi connectivity index (χ0) is 13.3. The Morgan fingerprint density at radius 1 is 1.35 bits per heavy atom. The van der Waals surface area contributed by atoms with Crippen LogP contribution in [0.3, 0.4) is 0 Å². The smallest absolute Gasteiger partial charge is 0.251 e. The van der Waals surface area contributed by atoms with Crippen LogP contribution in [0.2, 0.25) is 0 Å². The number of fused-ring (bicyclic) bond motifs is 1. The van der Waals surface area contributed by atoms with Gasteiger partial charge in [0.2, 0.25) is 0 Å². The molecule has 1 aliphatic carbocycles. The van der Waals surface area contributed by atoms with Crippen molar-refractivity contribution in [1.82, 2.24) is 5.32 Å². The molecule has 20 heavy (non-hydrogen) atoms. The molecule has 4 heteroatoms. The van der Waals surface area contributed by atoms with Crippen LogP contribution in [0.4, 0.5) is 5.69 Å². The van der Waals surface area contributed by atoms with E-state index in [0.717, 1.165) is 37.2 Å². The number of carbonyl (C=O) groups is 1. The quantitative estimate of drug-likeness (QED) is 0.897. The van der Waals surface area contributed by atoms with Crippen LogP contribution in [-0.4, -0.2) is 19.0 Å². The Labute approximate surface area is 126 Å². The van der Waals surface area contributed by atoms with Crippen molar-refractivity contribution in [3.8, 4) is 0 Å². The predicted octanol–water partition coefficient (Wildman–Crippen LogP) is 3.39. The van der Waals surface area contributed by atoms with Gasteiger partial charge in [0.25, 0.3) is 5.91 Å². The lowest BCUT2D eigenvalue weighted by Crippen LogP contribution is -2.40. The van der Waals surface area contributed by atoms with Crippen molar-refractivity contribution in [2.45, 2.75) is 39.0 Å². The third-order valence-corrected chi connectivity index (χ3v) is 4.58. The summed E-state index contributed by atoms with van der Waals surface area (Å²) in [4.78, 5) is 12.4. The standard InChI is InChI=1S/C16H22N2O.ClH/c1-16(8-4-9-16)11-18-15(19)13-5-2-7-14-12(13)6-3-10-17-14;/h2,5,7,17H,3-4,6,8-11H2,1H3,(H,18,19);1H. The van der Waals surface area contributed by atoms with Gasteiger partial charge < -0.3 is 10.6 Å². The SMILES string of the molecule is CC1(CNC(=O)c2cccc3c2CCCN3)CCC1.Cl. The summed E-state index contributed by atoms with van der Waals surface area (Å²) in [6, 6.07) is 5.99. The van der Waals surface area contributed by atoms with E-state index in [1.807, 2.05) is 12.1 Å². The Kier molecular flexibility index (Phi) is 4.59. The molecule has 0 aromatic heterocycles. The minimum Gasteiger partial charge on any atom is -0.385 e. The fourth-order valence-corrected chi connectivity index (χ4v) is 3.07. The molecule has 3 rings (SSSR count). The average molecular weight is 295 g/mol. The first-order chi connectivity index (χ1) is 9.18. The topological polar surface area (TPSA) is 41.1 Å². The first kappa shape index (κ1) is 15.2. The Balaban J connectivity index is 0.00000147. The van der Waals surface area contributed by atoms with Gasteiger partial charge in [-0.05, 0) is 48.8 Å².